The van der Waals surface area contributed by atoms with E-state index in [0.717, 1.165) is 0 Å². The maximum atomic E-state index is 11.8. The predicted molar refractivity (Wildman–Crippen MR) is 66.1 cm³/mol. The van der Waals surface area contributed by atoms with E-state index in [9.17, 15) is 9.59 Å². The monoisotopic (exact) mass is 260 g/mol. The van der Waals surface area contributed by atoms with Crippen LogP contribution in [-0.4, -0.2) is 30.6 Å². The van der Waals surface area contributed by atoms with E-state index in [0.29, 0.717) is 11.4 Å². The number of aromatic nitrogens is 4. The van der Waals surface area contributed by atoms with Gasteiger partial charge in [-0.2, -0.15) is 4.98 Å². The van der Waals surface area contributed by atoms with Crippen LogP contribution in [0.1, 0.15) is 27.4 Å². The van der Waals surface area contributed by atoms with Crippen LogP contribution >= 0.6 is 0 Å². The Kier molecular flexibility index (Phi) is 3.37. The summed E-state index contributed by atoms with van der Waals surface area (Å²) in [6.07, 6.45) is 2.47. The van der Waals surface area contributed by atoms with Crippen LogP contribution in [0.5, 0.6) is 0 Å². The molecule has 2 aromatic heterocycles. The van der Waals surface area contributed by atoms with Crippen LogP contribution in [-0.2, 0) is 6.54 Å². The minimum atomic E-state index is -1.12. The largest absolute Gasteiger partial charge is 0.478 e. The van der Waals surface area contributed by atoms with Crippen LogP contribution in [0.25, 0.3) is 0 Å². The first kappa shape index (κ1) is 12.9. The lowest BCUT2D eigenvalue weighted by molar-refractivity contribution is 0.0694. The number of hydrogen-bond donors (Lipinski definition) is 1. The number of nitrogens with zero attached hydrogens (tertiary/aromatic N) is 4. The molecular formula is C12H12N4O3. The first-order chi connectivity index (χ1) is 8.99. The minimum absolute atomic E-state index is 0.0191. The van der Waals surface area contributed by atoms with Gasteiger partial charge < -0.3 is 5.11 Å². The Balaban J connectivity index is 2.48. The average molecular weight is 260 g/mol. The quantitative estimate of drug-likeness (QED) is 0.857. The van der Waals surface area contributed by atoms with Crippen LogP contribution < -0.4 is 5.69 Å². The highest BCUT2D eigenvalue weighted by Gasteiger charge is 2.13. The lowest BCUT2D eigenvalue weighted by atomic mass is 10.2. The molecule has 0 aromatic carbocycles. The van der Waals surface area contributed by atoms with Crippen molar-refractivity contribution in [2.75, 3.05) is 0 Å². The molecule has 7 heteroatoms. The Labute approximate surface area is 108 Å². The van der Waals surface area contributed by atoms with E-state index in [2.05, 4.69) is 15.0 Å². The van der Waals surface area contributed by atoms with Gasteiger partial charge in [-0.15, -0.1) is 0 Å². The first-order valence-corrected chi connectivity index (χ1v) is 5.56. The summed E-state index contributed by atoms with van der Waals surface area (Å²) in [5.41, 5.74) is 1.16. The number of carbonyl (C=O) groups is 1. The van der Waals surface area contributed by atoms with E-state index in [1.54, 1.807) is 19.9 Å². The molecule has 0 spiro atoms. The van der Waals surface area contributed by atoms with Gasteiger partial charge in [-0.25, -0.2) is 19.6 Å². The van der Waals surface area contributed by atoms with Crippen LogP contribution in [0.3, 0.4) is 0 Å². The van der Waals surface area contributed by atoms with Crippen molar-refractivity contribution in [2.45, 2.75) is 20.4 Å². The molecule has 2 aromatic rings. The van der Waals surface area contributed by atoms with Crippen molar-refractivity contribution in [3.05, 3.63) is 51.7 Å². The normalized spacial score (nSPS) is 10.4. The van der Waals surface area contributed by atoms with E-state index < -0.39 is 11.7 Å². The standard InChI is InChI=1S/C12H12N4O3/c1-7-3-8(2)16(12(19)15-7)5-10-9(11(17)18)4-13-6-14-10/h3-4,6H,5H2,1-2H3,(H,17,18). The average Bonchev–Trinajstić information content (AvgIpc) is 2.34. The van der Waals surface area contributed by atoms with E-state index >= 15 is 0 Å². The van der Waals surface area contributed by atoms with Crippen LogP contribution in [0.4, 0.5) is 0 Å². The third-order valence-electron chi connectivity index (χ3n) is 2.68. The molecule has 19 heavy (non-hydrogen) atoms. The second kappa shape index (κ2) is 4.97. The second-order valence-electron chi connectivity index (χ2n) is 4.10. The molecule has 0 aliphatic carbocycles. The molecule has 0 fully saturated rings. The maximum absolute atomic E-state index is 11.8. The summed E-state index contributed by atoms with van der Waals surface area (Å²) in [4.78, 5) is 34.3. The molecule has 0 amide bonds. The van der Waals surface area contributed by atoms with Gasteiger partial charge in [0.1, 0.15) is 11.9 Å². The Hall–Kier alpha value is -2.57. The van der Waals surface area contributed by atoms with E-state index in [4.69, 9.17) is 5.11 Å². The van der Waals surface area contributed by atoms with Crippen LogP contribution in [0.15, 0.2) is 23.4 Å². The molecule has 0 radical (unpaired) electrons. The van der Waals surface area contributed by atoms with Gasteiger partial charge in [0, 0.05) is 17.6 Å². The zero-order valence-electron chi connectivity index (χ0n) is 10.5. The molecular weight excluding hydrogens is 248 g/mol. The second-order valence-corrected chi connectivity index (χ2v) is 4.10. The fraction of sp³-hybridized carbons (Fsp3) is 0.250. The van der Waals surface area contributed by atoms with Crippen molar-refractivity contribution in [3.63, 3.8) is 0 Å². The Bertz CT molecular complexity index is 694. The predicted octanol–water partition coefficient (Wildman–Crippen LogP) is 0.397. The lowest BCUT2D eigenvalue weighted by Gasteiger charge is -2.10. The van der Waals surface area contributed by atoms with E-state index in [-0.39, 0.29) is 17.8 Å². The van der Waals surface area contributed by atoms with Gasteiger partial charge in [0.25, 0.3) is 0 Å². The zero-order chi connectivity index (χ0) is 14.0. The molecule has 0 aliphatic heterocycles. The summed E-state index contributed by atoms with van der Waals surface area (Å²) in [5, 5.41) is 9.04. The number of aromatic carboxylic acids is 1. The van der Waals surface area contributed by atoms with Crippen molar-refractivity contribution in [1.29, 1.82) is 0 Å². The summed E-state index contributed by atoms with van der Waals surface area (Å²) >= 11 is 0. The van der Waals surface area contributed by atoms with Crippen molar-refractivity contribution in [1.82, 2.24) is 19.5 Å². The smallest absolute Gasteiger partial charge is 0.348 e. The van der Waals surface area contributed by atoms with Crippen molar-refractivity contribution < 1.29 is 9.90 Å². The van der Waals surface area contributed by atoms with Gasteiger partial charge in [0.2, 0.25) is 0 Å². The highest BCUT2D eigenvalue weighted by molar-refractivity contribution is 5.88. The molecule has 98 valence electrons. The van der Waals surface area contributed by atoms with Gasteiger partial charge in [-0.1, -0.05) is 0 Å². The molecule has 0 aliphatic rings. The Morgan fingerprint density at radius 1 is 1.42 bits per heavy atom. The summed E-state index contributed by atoms with van der Waals surface area (Å²) in [7, 11) is 0. The molecule has 2 heterocycles. The SMILES string of the molecule is Cc1cc(C)n(Cc2ncncc2C(=O)O)c(=O)n1. The molecule has 0 bridgehead atoms. The summed E-state index contributed by atoms with van der Waals surface area (Å²) in [6.45, 7) is 3.55. The number of hydrogen-bond acceptors (Lipinski definition) is 5. The number of rotatable bonds is 3. The number of carboxylic acids is 1. The summed E-state index contributed by atoms with van der Waals surface area (Å²) in [6, 6.07) is 1.75. The Morgan fingerprint density at radius 3 is 2.79 bits per heavy atom. The first-order valence-electron chi connectivity index (χ1n) is 5.56. The molecule has 7 nitrogen and oxygen atoms in total. The zero-order valence-corrected chi connectivity index (χ0v) is 10.5. The van der Waals surface area contributed by atoms with E-state index in [1.165, 1.54) is 17.1 Å². The molecule has 0 saturated carbocycles. The van der Waals surface area contributed by atoms with Crippen molar-refractivity contribution in [2.24, 2.45) is 0 Å². The maximum Gasteiger partial charge on any atom is 0.348 e. The molecule has 1 N–H and O–H groups in total. The van der Waals surface area contributed by atoms with Gasteiger partial charge in [0.15, 0.2) is 0 Å². The Morgan fingerprint density at radius 2 is 2.16 bits per heavy atom. The van der Waals surface area contributed by atoms with Crippen molar-refractivity contribution >= 4 is 5.97 Å². The topological polar surface area (TPSA) is 98.0 Å². The summed E-state index contributed by atoms with van der Waals surface area (Å²) in [5.74, 6) is -1.12. The lowest BCUT2D eigenvalue weighted by Crippen LogP contribution is -2.27. The molecule has 0 unspecified atom stereocenters. The summed E-state index contributed by atoms with van der Waals surface area (Å²) < 4.78 is 1.38. The highest BCUT2D eigenvalue weighted by atomic mass is 16.4. The fourth-order valence-corrected chi connectivity index (χ4v) is 1.78. The van der Waals surface area contributed by atoms with E-state index in [1.807, 2.05) is 0 Å². The molecule has 2 rings (SSSR count). The third-order valence-corrected chi connectivity index (χ3v) is 2.68. The van der Waals surface area contributed by atoms with Gasteiger partial charge in [0.05, 0.1) is 12.2 Å². The fourth-order valence-electron chi connectivity index (χ4n) is 1.78. The number of aryl methyl sites for hydroxylation is 2. The number of carboxylic acid groups (broad SMARTS) is 1. The van der Waals surface area contributed by atoms with Crippen LogP contribution in [0.2, 0.25) is 0 Å². The molecule has 0 atom stereocenters. The van der Waals surface area contributed by atoms with Crippen molar-refractivity contribution in [3.8, 4) is 0 Å². The molecule has 0 saturated heterocycles. The van der Waals surface area contributed by atoms with Crippen LogP contribution in [0, 0.1) is 13.8 Å². The van der Waals surface area contributed by atoms with Gasteiger partial charge in [-0.3, -0.25) is 4.57 Å². The minimum Gasteiger partial charge on any atom is -0.478 e. The highest BCUT2D eigenvalue weighted by Crippen LogP contribution is 2.07. The van der Waals surface area contributed by atoms with Gasteiger partial charge >= 0.3 is 11.7 Å². The third kappa shape index (κ3) is 2.65. The van der Waals surface area contributed by atoms with Gasteiger partial charge in [-0.05, 0) is 19.9 Å².